The molecule has 0 bridgehead atoms. The van der Waals surface area contributed by atoms with Crippen LogP contribution in [0, 0.1) is 12.3 Å². The molecule has 0 unspecified atom stereocenters. The predicted octanol–water partition coefficient (Wildman–Crippen LogP) is 1.72. The third-order valence-corrected chi connectivity index (χ3v) is 3.54. The van der Waals surface area contributed by atoms with Crippen LogP contribution >= 0.6 is 0 Å². The second-order valence-electron chi connectivity index (χ2n) is 4.96. The highest BCUT2D eigenvalue weighted by atomic mass is 16.2. The summed E-state index contributed by atoms with van der Waals surface area (Å²) in [4.78, 5) is 16.3. The van der Waals surface area contributed by atoms with Gasteiger partial charge in [0, 0.05) is 11.6 Å². The zero-order valence-corrected chi connectivity index (χ0v) is 10.4. The third-order valence-electron chi connectivity index (χ3n) is 3.54. The Morgan fingerprint density at radius 3 is 2.82 bits per heavy atom. The quantitative estimate of drug-likeness (QED) is 0.817. The minimum Gasteiger partial charge on any atom is -0.324 e. The molecular formula is C13H19N3O. The third kappa shape index (κ3) is 2.64. The summed E-state index contributed by atoms with van der Waals surface area (Å²) in [5.74, 6) is 0.107. The van der Waals surface area contributed by atoms with Crippen molar-refractivity contribution in [2.45, 2.75) is 26.7 Å². The van der Waals surface area contributed by atoms with E-state index in [1.165, 1.54) is 0 Å². The van der Waals surface area contributed by atoms with Gasteiger partial charge in [0.2, 0.25) is 5.91 Å². The van der Waals surface area contributed by atoms with Gasteiger partial charge in [-0.3, -0.25) is 9.78 Å². The summed E-state index contributed by atoms with van der Waals surface area (Å²) >= 11 is 0. The molecular weight excluding hydrogens is 214 g/mol. The van der Waals surface area contributed by atoms with Gasteiger partial charge >= 0.3 is 0 Å². The molecule has 4 heteroatoms. The molecule has 0 saturated carbocycles. The van der Waals surface area contributed by atoms with Crippen LogP contribution in [0.5, 0.6) is 0 Å². The lowest BCUT2D eigenvalue weighted by Gasteiger charge is -2.32. The van der Waals surface area contributed by atoms with Crippen LogP contribution in [0.4, 0.5) is 5.69 Å². The number of nitrogens with zero attached hydrogens (tertiary/aromatic N) is 1. The number of carbonyl (C=O) groups is 1. The summed E-state index contributed by atoms with van der Waals surface area (Å²) < 4.78 is 0. The van der Waals surface area contributed by atoms with Crippen LogP contribution in [0.2, 0.25) is 0 Å². The van der Waals surface area contributed by atoms with E-state index < -0.39 is 0 Å². The Hall–Kier alpha value is -1.42. The fraction of sp³-hybridized carbons (Fsp3) is 0.538. The van der Waals surface area contributed by atoms with Gasteiger partial charge in [-0.05, 0) is 44.5 Å². The van der Waals surface area contributed by atoms with E-state index in [9.17, 15) is 4.79 Å². The average molecular weight is 233 g/mol. The summed E-state index contributed by atoms with van der Waals surface area (Å²) in [6, 6.07) is 1.90. The van der Waals surface area contributed by atoms with Gasteiger partial charge in [-0.2, -0.15) is 0 Å². The molecule has 0 radical (unpaired) electrons. The van der Waals surface area contributed by atoms with Crippen molar-refractivity contribution in [1.29, 1.82) is 0 Å². The first kappa shape index (κ1) is 12.0. The van der Waals surface area contributed by atoms with E-state index in [4.69, 9.17) is 0 Å². The van der Waals surface area contributed by atoms with Gasteiger partial charge in [0.1, 0.15) is 0 Å². The number of anilines is 1. The Bertz CT molecular complexity index is 411. The number of hydrogen-bond acceptors (Lipinski definition) is 3. The molecule has 2 heterocycles. The van der Waals surface area contributed by atoms with E-state index in [0.717, 1.165) is 37.2 Å². The number of aromatic nitrogens is 1. The molecule has 2 N–H and O–H groups in total. The van der Waals surface area contributed by atoms with Crippen molar-refractivity contribution in [1.82, 2.24) is 10.3 Å². The molecule has 2 rings (SSSR count). The molecule has 0 aromatic carbocycles. The van der Waals surface area contributed by atoms with Crippen molar-refractivity contribution < 1.29 is 4.79 Å². The number of amides is 1. The normalized spacial score (nSPS) is 18.7. The van der Waals surface area contributed by atoms with E-state index in [1.807, 2.05) is 19.9 Å². The van der Waals surface area contributed by atoms with E-state index in [1.54, 1.807) is 12.4 Å². The summed E-state index contributed by atoms with van der Waals surface area (Å²) in [5, 5.41) is 6.27. The molecule has 0 atom stereocenters. The van der Waals surface area contributed by atoms with E-state index >= 15 is 0 Å². The zero-order valence-electron chi connectivity index (χ0n) is 10.4. The molecule has 17 heavy (non-hydrogen) atoms. The number of nitrogens with one attached hydrogen (secondary N) is 2. The number of carbonyl (C=O) groups excluding carboxylic acids is 1. The molecule has 92 valence electrons. The van der Waals surface area contributed by atoms with Gasteiger partial charge in [0.05, 0.1) is 11.9 Å². The Labute approximate surface area is 102 Å². The first-order valence-corrected chi connectivity index (χ1v) is 6.05. The number of piperidine rings is 1. The Kier molecular flexibility index (Phi) is 3.43. The summed E-state index contributed by atoms with van der Waals surface area (Å²) in [6.45, 7) is 5.84. The summed E-state index contributed by atoms with van der Waals surface area (Å²) in [5.41, 5.74) is 1.61. The van der Waals surface area contributed by atoms with Crippen LogP contribution < -0.4 is 10.6 Å². The Balaban J connectivity index is 2.08. The van der Waals surface area contributed by atoms with Gasteiger partial charge in [0.25, 0.3) is 0 Å². The monoisotopic (exact) mass is 233 g/mol. The SMILES string of the molecule is Cc1ccncc1NC(=O)C1(C)CCNCC1. The maximum atomic E-state index is 12.3. The highest BCUT2D eigenvalue weighted by molar-refractivity contribution is 5.95. The molecule has 0 spiro atoms. The van der Waals surface area contributed by atoms with Gasteiger partial charge in [-0.25, -0.2) is 0 Å². The lowest BCUT2D eigenvalue weighted by molar-refractivity contribution is -0.126. The van der Waals surface area contributed by atoms with Gasteiger partial charge in [-0.1, -0.05) is 6.92 Å². The average Bonchev–Trinajstić information content (AvgIpc) is 2.33. The van der Waals surface area contributed by atoms with Crippen molar-refractivity contribution in [3.05, 3.63) is 24.0 Å². The molecule has 0 aliphatic carbocycles. The second kappa shape index (κ2) is 4.84. The fourth-order valence-corrected chi connectivity index (χ4v) is 2.07. The number of hydrogen-bond donors (Lipinski definition) is 2. The first-order valence-electron chi connectivity index (χ1n) is 6.05. The molecule has 1 aliphatic rings. The topological polar surface area (TPSA) is 54.0 Å². The van der Waals surface area contributed by atoms with Gasteiger partial charge in [-0.15, -0.1) is 0 Å². The molecule has 1 aliphatic heterocycles. The van der Waals surface area contributed by atoms with E-state index in [0.29, 0.717) is 0 Å². The van der Waals surface area contributed by atoms with Crippen LogP contribution in [-0.2, 0) is 4.79 Å². The van der Waals surface area contributed by atoms with Crippen LogP contribution in [0.3, 0.4) is 0 Å². The van der Waals surface area contributed by atoms with E-state index in [2.05, 4.69) is 15.6 Å². The number of aryl methyl sites for hydroxylation is 1. The number of rotatable bonds is 2. The summed E-state index contributed by atoms with van der Waals surface area (Å²) in [6.07, 6.45) is 5.21. The standard InChI is InChI=1S/C13H19N3O/c1-10-3-6-15-9-11(10)16-12(17)13(2)4-7-14-8-5-13/h3,6,9,14H,4-5,7-8H2,1-2H3,(H,16,17). The number of pyridine rings is 1. The predicted molar refractivity (Wildman–Crippen MR) is 67.8 cm³/mol. The van der Waals surface area contributed by atoms with Crippen LogP contribution in [0.15, 0.2) is 18.5 Å². The fourth-order valence-electron chi connectivity index (χ4n) is 2.07. The second-order valence-corrected chi connectivity index (χ2v) is 4.96. The first-order chi connectivity index (χ1) is 8.12. The van der Waals surface area contributed by atoms with Crippen LogP contribution in [-0.4, -0.2) is 24.0 Å². The molecule has 1 fully saturated rings. The lowest BCUT2D eigenvalue weighted by Crippen LogP contribution is -2.42. The maximum absolute atomic E-state index is 12.3. The zero-order chi connectivity index (χ0) is 12.3. The molecule has 1 aromatic heterocycles. The minimum atomic E-state index is -0.256. The van der Waals surface area contributed by atoms with Crippen LogP contribution in [0.1, 0.15) is 25.3 Å². The van der Waals surface area contributed by atoms with Crippen molar-refractivity contribution in [3.8, 4) is 0 Å². The molecule has 1 aromatic rings. The molecule has 4 nitrogen and oxygen atoms in total. The van der Waals surface area contributed by atoms with Crippen molar-refractivity contribution in [2.24, 2.45) is 5.41 Å². The van der Waals surface area contributed by atoms with Gasteiger partial charge in [0.15, 0.2) is 0 Å². The maximum Gasteiger partial charge on any atom is 0.230 e. The highest BCUT2D eigenvalue weighted by Gasteiger charge is 2.34. The molecule has 1 saturated heterocycles. The molecule has 1 amide bonds. The van der Waals surface area contributed by atoms with Gasteiger partial charge < -0.3 is 10.6 Å². The van der Waals surface area contributed by atoms with Crippen molar-refractivity contribution >= 4 is 11.6 Å². The minimum absolute atomic E-state index is 0.107. The van der Waals surface area contributed by atoms with E-state index in [-0.39, 0.29) is 11.3 Å². The smallest absolute Gasteiger partial charge is 0.230 e. The lowest BCUT2D eigenvalue weighted by atomic mass is 9.80. The Morgan fingerprint density at radius 2 is 2.18 bits per heavy atom. The Morgan fingerprint density at radius 1 is 1.47 bits per heavy atom. The van der Waals surface area contributed by atoms with Crippen molar-refractivity contribution in [2.75, 3.05) is 18.4 Å². The summed E-state index contributed by atoms with van der Waals surface area (Å²) in [7, 11) is 0. The van der Waals surface area contributed by atoms with Crippen molar-refractivity contribution in [3.63, 3.8) is 0 Å². The largest absolute Gasteiger partial charge is 0.324 e. The highest BCUT2D eigenvalue weighted by Crippen LogP contribution is 2.29. The van der Waals surface area contributed by atoms with Crippen LogP contribution in [0.25, 0.3) is 0 Å².